The number of hydrogen-bond donors (Lipinski definition) is 2. The van der Waals surface area contributed by atoms with E-state index in [2.05, 4.69) is 67.4 Å². The lowest BCUT2D eigenvalue weighted by atomic mass is 10.1. The third kappa shape index (κ3) is 2.17. The van der Waals surface area contributed by atoms with Gasteiger partial charge in [-0.2, -0.15) is 0 Å². The molecule has 0 aliphatic carbocycles. The minimum Gasteiger partial charge on any atom is -0.335 e. The number of nitrogens with one attached hydrogen (secondary N) is 2. The summed E-state index contributed by atoms with van der Waals surface area (Å²) in [4.78, 5) is 7.80. The van der Waals surface area contributed by atoms with E-state index in [0.29, 0.717) is 6.04 Å². The first-order valence-electron chi connectivity index (χ1n) is 4.31. The molecule has 2 heterocycles. The maximum absolute atomic E-state index is 4.49. The topological polar surface area (TPSA) is 40.7 Å². The van der Waals surface area contributed by atoms with Gasteiger partial charge in [-0.05, 0) is 64.1 Å². The summed E-state index contributed by atoms with van der Waals surface area (Å²) >= 11 is 4.54. The van der Waals surface area contributed by atoms with E-state index < -0.39 is 0 Å². The van der Waals surface area contributed by atoms with E-state index in [-0.39, 0.29) is 0 Å². The number of imidazole rings is 1. The van der Waals surface area contributed by atoms with E-state index in [9.17, 15) is 0 Å². The maximum atomic E-state index is 4.49. The van der Waals surface area contributed by atoms with Crippen LogP contribution in [-0.4, -0.2) is 16.5 Å². The summed E-state index contributed by atoms with van der Waals surface area (Å²) in [6.07, 6.45) is 1.19. The van der Waals surface area contributed by atoms with Gasteiger partial charge < -0.3 is 10.3 Å². The van der Waals surface area contributed by atoms with Crippen LogP contribution in [0.5, 0.6) is 0 Å². The number of aromatic nitrogens is 2. The van der Waals surface area contributed by atoms with Gasteiger partial charge >= 0.3 is 0 Å². The van der Waals surface area contributed by atoms with E-state index in [1.807, 2.05) is 0 Å². The molecule has 3 nitrogen and oxygen atoms in total. The zero-order valence-electron chi connectivity index (χ0n) is 7.27. The summed E-state index contributed by atoms with van der Waals surface area (Å²) in [5.41, 5.74) is 0. The van der Waals surface area contributed by atoms with Crippen LogP contribution in [0, 0.1) is 13.3 Å². The molecule has 1 fully saturated rings. The number of hydrogen-bond acceptors (Lipinski definition) is 2. The fourth-order valence-corrected chi connectivity index (χ4v) is 2.42. The van der Waals surface area contributed by atoms with Gasteiger partial charge in [-0.25, -0.2) is 4.98 Å². The van der Waals surface area contributed by atoms with Gasteiger partial charge in [0.1, 0.15) is 13.2 Å². The molecule has 2 rings (SSSR count). The lowest BCUT2D eigenvalue weighted by molar-refractivity contribution is 0.587. The molecule has 72 valence electrons. The fourth-order valence-electron chi connectivity index (χ4n) is 1.63. The van der Waals surface area contributed by atoms with Gasteiger partial charge in [0.15, 0.2) is 0 Å². The van der Waals surface area contributed by atoms with Crippen LogP contribution in [0.25, 0.3) is 0 Å². The molecular weight excluding hydrogens is 392 g/mol. The SMILES string of the molecule is C[C@@H]1CN[C@H](c2nc(I)c(I)[nH]2)C1. The number of rotatable bonds is 1. The smallest absolute Gasteiger partial charge is 0.133 e. The lowest BCUT2D eigenvalue weighted by Gasteiger charge is -2.04. The van der Waals surface area contributed by atoms with Crippen molar-refractivity contribution < 1.29 is 0 Å². The summed E-state index contributed by atoms with van der Waals surface area (Å²) in [7, 11) is 0. The van der Waals surface area contributed by atoms with E-state index in [4.69, 9.17) is 0 Å². The Bertz CT molecular complexity index is 291. The highest BCUT2D eigenvalue weighted by Gasteiger charge is 2.24. The third-order valence-electron chi connectivity index (χ3n) is 2.32. The molecular formula is C8H11I2N3. The molecule has 0 spiro atoms. The molecule has 1 aliphatic heterocycles. The number of nitrogens with zero attached hydrogens (tertiary/aromatic N) is 1. The van der Waals surface area contributed by atoms with Crippen molar-refractivity contribution in [1.82, 2.24) is 15.3 Å². The van der Waals surface area contributed by atoms with E-state index >= 15 is 0 Å². The highest BCUT2D eigenvalue weighted by atomic mass is 127. The standard InChI is InChI=1S/C8H11I2N3/c1-4-2-5(11-3-4)8-12-6(9)7(10)13-8/h4-5,11H,2-3H2,1H3,(H,12,13)/t4-,5-/m0/s1. The lowest BCUT2D eigenvalue weighted by Crippen LogP contribution is -2.14. The minimum absolute atomic E-state index is 0.437. The van der Waals surface area contributed by atoms with Gasteiger partial charge in [0, 0.05) is 0 Å². The average Bonchev–Trinajstić information content (AvgIpc) is 2.61. The van der Waals surface area contributed by atoms with Crippen LogP contribution >= 0.6 is 45.2 Å². The molecule has 0 bridgehead atoms. The molecule has 0 radical (unpaired) electrons. The molecule has 2 N–H and O–H groups in total. The second-order valence-electron chi connectivity index (χ2n) is 3.53. The van der Waals surface area contributed by atoms with Crippen LogP contribution in [-0.2, 0) is 0 Å². The Balaban J connectivity index is 2.17. The van der Waals surface area contributed by atoms with Crippen molar-refractivity contribution in [3.63, 3.8) is 0 Å². The first-order chi connectivity index (χ1) is 6.16. The minimum atomic E-state index is 0.437. The average molecular weight is 403 g/mol. The summed E-state index contributed by atoms with van der Waals surface area (Å²) < 4.78 is 2.23. The molecule has 0 amide bonds. The number of aromatic amines is 1. The Morgan fingerprint density at radius 1 is 1.46 bits per heavy atom. The predicted molar refractivity (Wildman–Crippen MR) is 68.5 cm³/mol. The van der Waals surface area contributed by atoms with Crippen LogP contribution in [0.1, 0.15) is 25.2 Å². The Hall–Kier alpha value is 0.630. The normalized spacial score (nSPS) is 28.2. The molecule has 0 aromatic carbocycles. The van der Waals surface area contributed by atoms with Gasteiger partial charge in [0.2, 0.25) is 0 Å². The van der Waals surface area contributed by atoms with Crippen LogP contribution in [0.2, 0.25) is 0 Å². The Morgan fingerprint density at radius 3 is 2.69 bits per heavy atom. The van der Waals surface area contributed by atoms with Crippen LogP contribution in [0.4, 0.5) is 0 Å². The molecule has 1 aliphatic rings. The molecule has 5 heteroatoms. The Labute approximate surface area is 105 Å². The largest absolute Gasteiger partial charge is 0.335 e. The van der Waals surface area contributed by atoms with Gasteiger partial charge in [-0.15, -0.1) is 0 Å². The zero-order valence-corrected chi connectivity index (χ0v) is 11.6. The Kier molecular flexibility index (Phi) is 3.14. The quantitative estimate of drug-likeness (QED) is 0.707. The van der Waals surface area contributed by atoms with Crippen molar-refractivity contribution in [3.05, 3.63) is 13.2 Å². The molecule has 13 heavy (non-hydrogen) atoms. The van der Waals surface area contributed by atoms with Crippen molar-refractivity contribution >= 4 is 45.2 Å². The van der Waals surface area contributed by atoms with Crippen molar-refractivity contribution in [2.45, 2.75) is 19.4 Å². The monoisotopic (exact) mass is 403 g/mol. The molecule has 0 unspecified atom stereocenters. The highest BCUT2D eigenvalue weighted by Crippen LogP contribution is 2.26. The first-order valence-corrected chi connectivity index (χ1v) is 6.47. The van der Waals surface area contributed by atoms with Crippen LogP contribution < -0.4 is 5.32 Å². The van der Waals surface area contributed by atoms with Crippen molar-refractivity contribution in [2.24, 2.45) is 5.92 Å². The molecule has 1 saturated heterocycles. The fraction of sp³-hybridized carbons (Fsp3) is 0.625. The summed E-state index contributed by atoms with van der Waals surface area (Å²) in [5, 5.41) is 3.46. The predicted octanol–water partition coefficient (Wildman–Crippen LogP) is 2.29. The summed E-state index contributed by atoms with van der Waals surface area (Å²) in [6.45, 7) is 3.38. The Morgan fingerprint density at radius 2 is 2.23 bits per heavy atom. The number of H-pyrrole nitrogens is 1. The van der Waals surface area contributed by atoms with Crippen molar-refractivity contribution in [3.8, 4) is 0 Å². The third-order valence-corrected chi connectivity index (χ3v) is 4.91. The summed E-state index contributed by atoms with van der Waals surface area (Å²) in [6, 6.07) is 0.437. The van der Waals surface area contributed by atoms with E-state index in [0.717, 1.165) is 25.7 Å². The van der Waals surface area contributed by atoms with E-state index in [1.165, 1.54) is 6.42 Å². The highest BCUT2D eigenvalue weighted by molar-refractivity contribution is 14.1. The van der Waals surface area contributed by atoms with Gasteiger partial charge in [-0.3, -0.25) is 0 Å². The zero-order chi connectivity index (χ0) is 9.42. The second kappa shape index (κ2) is 4.01. The van der Waals surface area contributed by atoms with Gasteiger partial charge in [0.25, 0.3) is 0 Å². The second-order valence-corrected chi connectivity index (χ2v) is 5.63. The maximum Gasteiger partial charge on any atom is 0.133 e. The molecule has 0 saturated carbocycles. The molecule has 1 aromatic heterocycles. The number of halogens is 2. The van der Waals surface area contributed by atoms with Crippen LogP contribution in [0.3, 0.4) is 0 Å². The van der Waals surface area contributed by atoms with Gasteiger partial charge in [0.05, 0.1) is 6.04 Å². The first kappa shape index (κ1) is 10.2. The van der Waals surface area contributed by atoms with Crippen LogP contribution in [0.15, 0.2) is 0 Å². The van der Waals surface area contributed by atoms with Crippen molar-refractivity contribution in [2.75, 3.05) is 6.54 Å². The molecule has 1 aromatic rings. The van der Waals surface area contributed by atoms with Gasteiger partial charge in [-0.1, -0.05) is 6.92 Å². The molecule has 2 atom stereocenters. The van der Waals surface area contributed by atoms with Crippen molar-refractivity contribution in [1.29, 1.82) is 0 Å². The van der Waals surface area contributed by atoms with E-state index in [1.54, 1.807) is 0 Å². The summed E-state index contributed by atoms with van der Waals surface area (Å²) in [5.74, 6) is 1.86.